The normalized spacial score (nSPS) is 12.3. The maximum absolute atomic E-state index is 5.99. The lowest BCUT2D eigenvalue weighted by Crippen LogP contribution is -1.88. The van der Waals surface area contributed by atoms with Crippen molar-refractivity contribution in [3.63, 3.8) is 0 Å². The van der Waals surface area contributed by atoms with Crippen LogP contribution >= 0.6 is 23.4 Å². The third-order valence-electron chi connectivity index (χ3n) is 2.92. The highest BCUT2D eigenvalue weighted by Gasteiger charge is 2.16. The fraction of sp³-hybridized carbons (Fsp3) is 0.125. The van der Waals surface area contributed by atoms with Gasteiger partial charge in [0.2, 0.25) is 11.8 Å². The molecule has 0 N–H and O–H groups in total. The highest BCUT2D eigenvalue weighted by Crippen LogP contribution is 2.35. The molecule has 1 heterocycles. The molecular weight excluding hydrogens is 304 g/mol. The minimum atomic E-state index is 0.0634. The van der Waals surface area contributed by atoms with E-state index in [1.54, 1.807) is 11.8 Å². The molecule has 3 nitrogen and oxygen atoms in total. The first kappa shape index (κ1) is 14.2. The first-order chi connectivity index (χ1) is 10.2. The maximum atomic E-state index is 5.99. The molecule has 0 aliphatic carbocycles. The van der Waals surface area contributed by atoms with E-state index >= 15 is 0 Å². The van der Waals surface area contributed by atoms with Gasteiger partial charge < -0.3 is 4.42 Å². The van der Waals surface area contributed by atoms with E-state index in [4.69, 9.17) is 16.0 Å². The maximum Gasteiger partial charge on any atom is 0.247 e. The second-order valence-corrected chi connectivity index (χ2v) is 6.38. The summed E-state index contributed by atoms with van der Waals surface area (Å²) in [6.45, 7) is 2.04. The van der Waals surface area contributed by atoms with Crippen LogP contribution in [0.3, 0.4) is 0 Å². The molecule has 0 spiro atoms. The number of benzene rings is 2. The van der Waals surface area contributed by atoms with E-state index in [2.05, 4.69) is 10.2 Å². The highest BCUT2D eigenvalue weighted by molar-refractivity contribution is 7.99. The molecule has 5 heteroatoms. The third-order valence-corrected chi connectivity index (χ3v) is 4.23. The molecule has 1 aromatic heterocycles. The molecule has 106 valence electrons. The van der Waals surface area contributed by atoms with Gasteiger partial charge in [-0.15, -0.1) is 22.0 Å². The molecule has 0 radical (unpaired) electrons. The minimum absolute atomic E-state index is 0.0634. The van der Waals surface area contributed by atoms with Crippen LogP contribution in [-0.2, 0) is 0 Å². The van der Waals surface area contributed by atoms with Gasteiger partial charge in [0.1, 0.15) is 0 Å². The number of hydrogen-bond acceptors (Lipinski definition) is 4. The number of rotatable bonds is 4. The summed E-state index contributed by atoms with van der Waals surface area (Å²) in [6, 6.07) is 17.5. The summed E-state index contributed by atoms with van der Waals surface area (Å²) in [5.74, 6) is 1.16. The Balaban J connectivity index is 1.77. The van der Waals surface area contributed by atoms with Crippen LogP contribution in [0.2, 0.25) is 5.02 Å². The number of nitrogens with zero attached hydrogens (tertiary/aromatic N) is 2. The average Bonchev–Trinajstić information content (AvgIpc) is 2.98. The summed E-state index contributed by atoms with van der Waals surface area (Å²) in [7, 11) is 0. The van der Waals surface area contributed by atoms with Gasteiger partial charge in [0.15, 0.2) is 0 Å². The molecule has 0 saturated carbocycles. The predicted octanol–water partition coefficient (Wildman–Crippen LogP) is 5.24. The molecule has 0 saturated heterocycles. The van der Waals surface area contributed by atoms with Gasteiger partial charge in [-0.25, -0.2) is 0 Å². The number of aromatic nitrogens is 2. The summed E-state index contributed by atoms with van der Waals surface area (Å²) < 4.78 is 5.76. The molecular formula is C16H13ClN2OS. The smallest absolute Gasteiger partial charge is 0.247 e. The van der Waals surface area contributed by atoms with Gasteiger partial charge in [-0.3, -0.25) is 0 Å². The van der Waals surface area contributed by atoms with Gasteiger partial charge in [0.05, 0.1) is 5.25 Å². The SMILES string of the molecule is CC(Sc1cccc(Cl)c1)c1nnc(-c2ccccc2)o1. The summed E-state index contributed by atoms with van der Waals surface area (Å²) in [5.41, 5.74) is 0.927. The van der Waals surface area contributed by atoms with E-state index in [-0.39, 0.29) is 5.25 Å². The molecule has 1 unspecified atom stereocenters. The van der Waals surface area contributed by atoms with E-state index in [9.17, 15) is 0 Å². The Labute approximate surface area is 132 Å². The number of halogens is 1. The highest BCUT2D eigenvalue weighted by atomic mass is 35.5. The van der Waals surface area contributed by atoms with Crippen molar-refractivity contribution in [2.24, 2.45) is 0 Å². The van der Waals surface area contributed by atoms with Crippen LogP contribution in [0, 0.1) is 0 Å². The molecule has 1 atom stereocenters. The lowest BCUT2D eigenvalue weighted by atomic mass is 10.2. The van der Waals surface area contributed by atoms with Crippen LogP contribution in [0.4, 0.5) is 0 Å². The molecule has 2 aromatic carbocycles. The Morgan fingerprint density at radius 2 is 1.86 bits per heavy atom. The van der Waals surface area contributed by atoms with Crippen LogP contribution in [-0.4, -0.2) is 10.2 Å². The average molecular weight is 317 g/mol. The largest absolute Gasteiger partial charge is 0.419 e. The van der Waals surface area contributed by atoms with E-state index in [0.29, 0.717) is 11.8 Å². The van der Waals surface area contributed by atoms with Crippen molar-refractivity contribution >= 4 is 23.4 Å². The van der Waals surface area contributed by atoms with Crippen LogP contribution < -0.4 is 0 Å². The first-order valence-electron chi connectivity index (χ1n) is 6.53. The molecule has 21 heavy (non-hydrogen) atoms. The zero-order valence-electron chi connectivity index (χ0n) is 11.4. The lowest BCUT2D eigenvalue weighted by Gasteiger charge is -2.06. The molecule has 0 fully saturated rings. The van der Waals surface area contributed by atoms with Crippen molar-refractivity contribution in [3.8, 4) is 11.5 Å². The van der Waals surface area contributed by atoms with Crippen LogP contribution in [0.25, 0.3) is 11.5 Å². The standard InChI is InChI=1S/C16H13ClN2OS/c1-11(21-14-9-5-8-13(17)10-14)15-18-19-16(20-15)12-6-3-2-4-7-12/h2-11H,1H3. The van der Waals surface area contributed by atoms with Gasteiger partial charge in [0, 0.05) is 15.5 Å². The Bertz CT molecular complexity index is 730. The molecule has 3 rings (SSSR count). The first-order valence-corrected chi connectivity index (χ1v) is 7.79. The quantitative estimate of drug-likeness (QED) is 0.617. The van der Waals surface area contributed by atoms with Crippen LogP contribution in [0.1, 0.15) is 18.1 Å². The van der Waals surface area contributed by atoms with Crippen molar-refractivity contribution in [2.45, 2.75) is 17.1 Å². The van der Waals surface area contributed by atoms with Gasteiger partial charge in [-0.1, -0.05) is 35.9 Å². The second-order valence-electron chi connectivity index (χ2n) is 4.53. The van der Waals surface area contributed by atoms with Gasteiger partial charge >= 0.3 is 0 Å². The molecule has 3 aromatic rings. The number of hydrogen-bond donors (Lipinski definition) is 0. The summed E-state index contributed by atoms with van der Waals surface area (Å²) in [5, 5.41) is 9.04. The van der Waals surface area contributed by atoms with Gasteiger partial charge in [-0.2, -0.15) is 0 Å². The summed E-state index contributed by atoms with van der Waals surface area (Å²) in [4.78, 5) is 1.08. The van der Waals surface area contributed by atoms with Crippen LogP contribution in [0.5, 0.6) is 0 Å². The second kappa shape index (κ2) is 6.33. The van der Waals surface area contributed by atoms with Crippen molar-refractivity contribution in [1.29, 1.82) is 0 Å². The molecule has 0 aliphatic heterocycles. The van der Waals surface area contributed by atoms with Crippen LogP contribution in [0.15, 0.2) is 63.9 Å². The van der Waals surface area contributed by atoms with E-state index in [1.807, 2.05) is 61.5 Å². The number of thioether (sulfide) groups is 1. The summed E-state index contributed by atoms with van der Waals surface area (Å²) >= 11 is 7.63. The summed E-state index contributed by atoms with van der Waals surface area (Å²) in [6.07, 6.45) is 0. The predicted molar refractivity (Wildman–Crippen MR) is 85.5 cm³/mol. The fourth-order valence-electron chi connectivity index (χ4n) is 1.89. The Morgan fingerprint density at radius 3 is 2.62 bits per heavy atom. The monoisotopic (exact) mass is 316 g/mol. The zero-order chi connectivity index (χ0) is 14.7. The third kappa shape index (κ3) is 3.46. The van der Waals surface area contributed by atoms with Gasteiger partial charge in [0.25, 0.3) is 0 Å². The molecule has 0 aliphatic rings. The Hall–Kier alpha value is -1.78. The van der Waals surface area contributed by atoms with Gasteiger partial charge in [-0.05, 0) is 37.3 Å². The van der Waals surface area contributed by atoms with E-state index < -0.39 is 0 Å². The zero-order valence-corrected chi connectivity index (χ0v) is 12.9. The minimum Gasteiger partial charge on any atom is -0.419 e. The van der Waals surface area contributed by atoms with E-state index in [0.717, 1.165) is 15.5 Å². The van der Waals surface area contributed by atoms with Crippen molar-refractivity contribution in [3.05, 3.63) is 65.5 Å². The van der Waals surface area contributed by atoms with Crippen molar-refractivity contribution in [1.82, 2.24) is 10.2 Å². The topological polar surface area (TPSA) is 38.9 Å². The Morgan fingerprint density at radius 1 is 1.05 bits per heavy atom. The fourth-order valence-corrected chi connectivity index (χ4v) is 3.10. The van der Waals surface area contributed by atoms with E-state index in [1.165, 1.54) is 0 Å². The molecule has 0 amide bonds. The Kier molecular flexibility index (Phi) is 4.27. The van der Waals surface area contributed by atoms with Crippen molar-refractivity contribution < 1.29 is 4.42 Å². The van der Waals surface area contributed by atoms with Crippen molar-refractivity contribution in [2.75, 3.05) is 0 Å². The molecule has 0 bridgehead atoms. The lowest BCUT2D eigenvalue weighted by molar-refractivity contribution is 0.509.